The van der Waals surface area contributed by atoms with E-state index in [2.05, 4.69) is 20.5 Å². The summed E-state index contributed by atoms with van der Waals surface area (Å²) in [6.07, 6.45) is 10.7. The lowest BCUT2D eigenvalue weighted by atomic mass is 10.4. The van der Waals surface area contributed by atoms with E-state index in [1.165, 1.54) is 24.8 Å². The van der Waals surface area contributed by atoms with Crippen molar-refractivity contribution in [2.75, 3.05) is 0 Å². The smallest absolute Gasteiger partial charge is 0.291 e. The molecule has 0 atom stereocenters. The molecule has 0 unspecified atom stereocenters. The van der Waals surface area contributed by atoms with Crippen LogP contribution in [0.1, 0.15) is 16.2 Å². The number of rotatable bonds is 4. The minimum Gasteiger partial charge on any atom is -0.465 e. The first-order chi connectivity index (χ1) is 8.86. The number of hydrogen-bond acceptors (Lipinski definition) is 5. The average Bonchev–Trinajstić information content (AvgIpc) is 2.92. The molecule has 0 saturated heterocycles. The molecule has 0 aliphatic rings. The molecule has 0 spiro atoms. The molecular weight excluding hydrogens is 232 g/mol. The number of carbonyl (C=O) groups is 1. The molecule has 0 radical (unpaired) electrons. The Morgan fingerprint density at radius 2 is 2.39 bits per heavy atom. The van der Waals surface area contributed by atoms with Crippen LogP contribution in [0.4, 0.5) is 0 Å². The lowest BCUT2D eigenvalue weighted by Gasteiger charge is -1.95. The van der Waals surface area contributed by atoms with Gasteiger partial charge in [-0.25, -0.2) is 10.4 Å². The molecule has 1 amide bonds. The summed E-state index contributed by atoms with van der Waals surface area (Å²) < 4.78 is 5.08. The van der Waals surface area contributed by atoms with Crippen LogP contribution in [0.15, 0.2) is 52.6 Å². The number of nitrogens with one attached hydrogen (secondary N) is 1. The highest BCUT2D eigenvalue weighted by Crippen LogP contribution is 2.00. The van der Waals surface area contributed by atoms with E-state index in [-0.39, 0.29) is 5.69 Å². The lowest BCUT2D eigenvalue weighted by molar-refractivity contribution is 0.0950. The van der Waals surface area contributed by atoms with Crippen LogP contribution in [0.2, 0.25) is 0 Å². The number of hydrogen-bond donors (Lipinski definition) is 1. The number of nitrogens with zero attached hydrogens (tertiary/aromatic N) is 3. The predicted molar refractivity (Wildman–Crippen MR) is 65.7 cm³/mol. The molecule has 0 aliphatic carbocycles. The number of amides is 1. The van der Waals surface area contributed by atoms with Crippen molar-refractivity contribution in [3.63, 3.8) is 0 Å². The van der Waals surface area contributed by atoms with Gasteiger partial charge in [0, 0.05) is 18.6 Å². The van der Waals surface area contributed by atoms with E-state index >= 15 is 0 Å². The second-order valence-electron chi connectivity index (χ2n) is 3.18. The highest BCUT2D eigenvalue weighted by Gasteiger charge is 2.03. The molecule has 2 heterocycles. The summed E-state index contributed by atoms with van der Waals surface area (Å²) in [6.45, 7) is 0. The Kier molecular flexibility index (Phi) is 3.97. The molecule has 6 nitrogen and oxygen atoms in total. The summed E-state index contributed by atoms with van der Waals surface area (Å²) >= 11 is 0. The van der Waals surface area contributed by atoms with E-state index < -0.39 is 5.91 Å². The van der Waals surface area contributed by atoms with Gasteiger partial charge in [-0.05, 0) is 24.3 Å². The summed E-state index contributed by atoms with van der Waals surface area (Å²) in [5.74, 6) is 0.299. The van der Waals surface area contributed by atoms with Crippen LogP contribution in [0, 0.1) is 0 Å². The van der Waals surface area contributed by atoms with Gasteiger partial charge < -0.3 is 4.42 Å². The molecule has 2 aromatic rings. The fraction of sp³-hybridized carbons (Fsp3) is 0. The molecule has 6 heteroatoms. The van der Waals surface area contributed by atoms with Gasteiger partial charge >= 0.3 is 0 Å². The van der Waals surface area contributed by atoms with Gasteiger partial charge in [-0.1, -0.05) is 0 Å². The van der Waals surface area contributed by atoms with Crippen molar-refractivity contribution in [1.29, 1.82) is 0 Å². The quantitative estimate of drug-likeness (QED) is 0.650. The SMILES string of the molecule is O=C(N/N=C/C=C\c1ccco1)c1cnccn1. The van der Waals surface area contributed by atoms with Crippen molar-refractivity contribution in [2.45, 2.75) is 0 Å². The lowest BCUT2D eigenvalue weighted by Crippen LogP contribution is -2.18. The molecule has 0 aliphatic heterocycles. The summed E-state index contributed by atoms with van der Waals surface area (Å²) in [6, 6.07) is 3.59. The molecule has 2 aromatic heterocycles. The number of furan rings is 1. The third kappa shape index (κ3) is 3.38. The number of aromatic nitrogens is 2. The first-order valence-corrected chi connectivity index (χ1v) is 5.16. The Balaban J connectivity index is 1.83. The van der Waals surface area contributed by atoms with Crippen LogP contribution < -0.4 is 5.43 Å². The molecular formula is C12H10N4O2. The first-order valence-electron chi connectivity index (χ1n) is 5.16. The van der Waals surface area contributed by atoms with Crippen molar-refractivity contribution >= 4 is 18.2 Å². The topological polar surface area (TPSA) is 80.4 Å². The maximum Gasteiger partial charge on any atom is 0.291 e. The molecule has 0 fully saturated rings. The predicted octanol–water partition coefficient (Wildman–Crippen LogP) is 1.50. The number of hydrazone groups is 1. The molecule has 0 aromatic carbocycles. The highest BCUT2D eigenvalue weighted by atomic mass is 16.3. The van der Waals surface area contributed by atoms with Crippen LogP contribution >= 0.6 is 0 Å². The van der Waals surface area contributed by atoms with Crippen molar-refractivity contribution in [1.82, 2.24) is 15.4 Å². The third-order valence-corrected chi connectivity index (χ3v) is 1.93. The summed E-state index contributed by atoms with van der Waals surface area (Å²) in [5, 5.41) is 3.73. The van der Waals surface area contributed by atoms with Gasteiger partial charge in [0.2, 0.25) is 0 Å². The van der Waals surface area contributed by atoms with E-state index in [1.807, 2.05) is 6.07 Å². The van der Waals surface area contributed by atoms with Gasteiger partial charge in [0.25, 0.3) is 5.91 Å². The summed E-state index contributed by atoms with van der Waals surface area (Å²) in [5.41, 5.74) is 2.54. The van der Waals surface area contributed by atoms with E-state index in [9.17, 15) is 4.79 Å². The van der Waals surface area contributed by atoms with Crippen LogP contribution in [0.3, 0.4) is 0 Å². The third-order valence-electron chi connectivity index (χ3n) is 1.93. The maximum absolute atomic E-state index is 11.5. The molecule has 2 rings (SSSR count). The van der Waals surface area contributed by atoms with Gasteiger partial charge in [0.15, 0.2) is 0 Å². The Morgan fingerprint density at radius 3 is 3.11 bits per heavy atom. The zero-order valence-electron chi connectivity index (χ0n) is 9.35. The maximum atomic E-state index is 11.5. The van der Waals surface area contributed by atoms with Gasteiger partial charge in [0.05, 0.1) is 12.5 Å². The standard InChI is InChI=1S/C12H10N4O2/c17-12(11-9-13-6-7-14-11)16-15-5-1-3-10-4-2-8-18-10/h1-9H,(H,16,17)/b3-1-,15-5+. The van der Waals surface area contributed by atoms with Crippen molar-refractivity contribution in [3.05, 3.63) is 54.5 Å². The molecule has 18 heavy (non-hydrogen) atoms. The Morgan fingerprint density at radius 1 is 1.44 bits per heavy atom. The second kappa shape index (κ2) is 6.09. The van der Waals surface area contributed by atoms with Gasteiger partial charge in [0.1, 0.15) is 11.5 Å². The molecule has 1 N–H and O–H groups in total. The van der Waals surface area contributed by atoms with E-state index in [4.69, 9.17) is 4.42 Å². The van der Waals surface area contributed by atoms with Crippen LogP contribution in [0.25, 0.3) is 6.08 Å². The second-order valence-corrected chi connectivity index (χ2v) is 3.18. The Hall–Kier alpha value is -2.76. The Labute approximate surface area is 103 Å². The van der Waals surface area contributed by atoms with E-state index in [0.29, 0.717) is 5.76 Å². The zero-order chi connectivity index (χ0) is 12.6. The van der Waals surface area contributed by atoms with Crippen LogP contribution in [-0.2, 0) is 0 Å². The van der Waals surface area contributed by atoms with Gasteiger partial charge in [-0.3, -0.25) is 9.78 Å². The van der Waals surface area contributed by atoms with Crippen molar-refractivity contribution in [3.8, 4) is 0 Å². The zero-order valence-corrected chi connectivity index (χ0v) is 9.35. The van der Waals surface area contributed by atoms with E-state index in [0.717, 1.165) is 0 Å². The first kappa shape index (κ1) is 11.7. The number of allylic oxidation sites excluding steroid dienone is 1. The molecule has 0 saturated carbocycles. The minimum absolute atomic E-state index is 0.213. The van der Waals surface area contributed by atoms with Crippen LogP contribution in [0.5, 0.6) is 0 Å². The number of carbonyl (C=O) groups excluding carboxylic acids is 1. The largest absolute Gasteiger partial charge is 0.465 e. The van der Waals surface area contributed by atoms with E-state index in [1.54, 1.807) is 24.5 Å². The Bertz CT molecular complexity index is 547. The highest BCUT2D eigenvalue weighted by molar-refractivity contribution is 5.92. The normalized spacial score (nSPS) is 11.1. The summed E-state index contributed by atoms with van der Waals surface area (Å²) in [4.78, 5) is 19.1. The monoisotopic (exact) mass is 242 g/mol. The van der Waals surface area contributed by atoms with Crippen molar-refractivity contribution < 1.29 is 9.21 Å². The molecule has 90 valence electrons. The van der Waals surface area contributed by atoms with Crippen LogP contribution in [-0.4, -0.2) is 22.1 Å². The average molecular weight is 242 g/mol. The fourth-order valence-corrected chi connectivity index (χ4v) is 1.14. The fourth-order valence-electron chi connectivity index (χ4n) is 1.14. The minimum atomic E-state index is -0.411. The molecule has 0 bridgehead atoms. The summed E-state index contributed by atoms with van der Waals surface area (Å²) in [7, 11) is 0. The van der Waals surface area contributed by atoms with Gasteiger partial charge in [-0.2, -0.15) is 5.10 Å². The van der Waals surface area contributed by atoms with Gasteiger partial charge in [-0.15, -0.1) is 0 Å². The van der Waals surface area contributed by atoms with Crippen molar-refractivity contribution in [2.24, 2.45) is 5.10 Å².